The SMILES string of the molecule is C=[N+](O)c1ccc([C@H](C)Nc2ncc3c(n2)N(C2CCCC2)CC(C)(C)C(=O)N3C)cc1. The summed E-state index contributed by atoms with van der Waals surface area (Å²) in [6, 6.07) is 7.84. The Balaban J connectivity index is 1.65. The lowest BCUT2D eigenvalue weighted by Crippen LogP contribution is -2.45. The van der Waals surface area contributed by atoms with Crippen molar-refractivity contribution in [1.29, 1.82) is 0 Å². The number of rotatable bonds is 5. The van der Waals surface area contributed by atoms with Crippen LogP contribution in [0.25, 0.3) is 0 Å². The number of aromatic nitrogens is 2. The molecule has 4 rings (SSSR count). The number of hydrogen-bond acceptors (Lipinski definition) is 6. The molecule has 170 valence electrons. The number of fused-ring (bicyclic) bond motifs is 1. The molecular weight excluding hydrogens is 404 g/mol. The van der Waals surface area contributed by atoms with Gasteiger partial charge in [-0.1, -0.05) is 25.0 Å². The molecule has 1 aromatic heterocycles. The molecule has 1 fully saturated rings. The van der Waals surface area contributed by atoms with Crippen molar-refractivity contribution in [3.8, 4) is 0 Å². The molecule has 1 saturated carbocycles. The largest absolute Gasteiger partial charge is 0.351 e. The Morgan fingerprint density at radius 1 is 1.25 bits per heavy atom. The molecular formula is C24H33N6O2+. The zero-order valence-electron chi connectivity index (χ0n) is 19.4. The fourth-order valence-corrected chi connectivity index (χ4v) is 4.75. The fourth-order valence-electron chi connectivity index (χ4n) is 4.75. The lowest BCUT2D eigenvalue weighted by Gasteiger charge is -2.34. The van der Waals surface area contributed by atoms with Gasteiger partial charge in [0.2, 0.25) is 11.9 Å². The topological polar surface area (TPSA) is 84.6 Å². The molecule has 32 heavy (non-hydrogen) atoms. The molecule has 0 unspecified atom stereocenters. The summed E-state index contributed by atoms with van der Waals surface area (Å²) in [5, 5.41) is 12.9. The highest BCUT2D eigenvalue weighted by Crippen LogP contribution is 2.40. The van der Waals surface area contributed by atoms with Gasteiger partial charge in [0.25, 0.3) is 5.69 Å². The normalized spacial score (nSPS) is 19.4. The van der Waals surface area contributed by atoms with Gasteiger partial charge in [-0.2, -0.15) is 4.98 Å². The number of carbonyl (C=O) groups excluding carboxylic acids is 1. The van der Waals surface area contributed by atoms with E-state index in [0.717, 1.165) is 34.6 Å². The lowest BCUT2D eigenvalue weighted by atomic mass is 9.91. The standard InChI is InChI=1S/C24H33N6O2/c1-16(17-10-12-18(13-11-17)29(5)32)26-23-25-14-20-21(27-23)30(19-8-6-7-9-19)15-24(2,3)22(31)28(20)4/h10-14,16,19,32H,5-9,15H2,1-4H3,(H,25,26,27)/q+1/t16-/m0/s1. The molecule has 2 aliphatic rings. The van der Waals surface area contributed by atoms with E-state index in [9.17, 15) is 10.0 Å². The summed E-state index contributed by atoms with van der Waals surface area (Å²) in [6.45, 7) is 10.2. The summed E-state index contributed by atoms with van der Waals surface area (Å²) in [5.74, 6) is 1.44. The molecule has 8 nitrogen and oxygen atoms in total. The monoisotopic (exact) mass is 437 g/mol. The van der Waals surface area contributed by atoms with Gasteiger partial charge in [0.1, 0.15) is 5.69 Å². The van der Waals surface area contributed by atoms with Crippen LogP contribution in [-0.4, -0.2) is 52.2 Å². The summed E-state index contributed by atoms with van der Waals surface area (Å²) in [7, 11) is 1.81. The lowest BCUT2D eigenvalue weighted by molar-refractivity contribution is -0.706. The maximum Gasteiger partial charge on any atom is 0.256 e. The first kappa shape index (κ1) is 22.0. The van der Waals surface area contributed by atoms with Gasteiger partial charge >= 0.3 is 0 Å². The second kappa shape index (κ2) is 8.41. The minimum Gasteiger partial charge on any atom is -0.351 e. The molecule has 1 atom stereocenters. The summed E-state index contributed by atoms with van der Waals surface area (Å²) in [5.41, 5.74) is 1.91. The molecule has 1 aliphatic carbocycles. The van der Waals surface area contributed by atoms with Crippen LogP contribution in [-0.2, 0) is 4.79 Å². The van der Waals surface area contributed by atoms with Crippen LogP contribution < -0.4 is 15.1 Å². The Labute approximate surface area is 189 Å². The fraction of sp³-hybridized carbons (Fsp3) is 0.500. The van der Waals surface area contributed by atoms with Crippen LogP contribution in [0.5, 0.6) is 0 Å². The van der Waals surface area contributed by atoms with Crippen LogP contribution >= 0.6 is 0 Å². The zero-order valence-corrected chi connectivity index (χ0v) is 19.4. The molecule has 2 heterocycles. The maximum atomic E-state index is 13.1. The average molecular weight is 438 g/mol. The third-order valence-electron chi connectivity index (χ3n) is 6.63. The molecule has 8 heteroatoms. The second-order valence-electron chi connectivity index (χ2n) is 9.57. The van der Waals surface area contributed by atoms with E-state index >= 15 is 0 Å². The number of carbonyl (C=O) groups is 1. The highest BCUT2D eigenvalue weighted by atomic mass is 16.5. The third kappa shape index (κ3) is 4.13. The predicted octanol–water partition coefficient (Wildman–Crippen LogP) is 4.14. The average Bonchev–Trinajstić information content (AvgIpc) is 3.29. The van der Waals surface area contributed by atoms with Crippen molar-refractivity contribution in [3.63, 3.8) is 0 Å². The number of amides is 1. The molecule has 0 radical (unpaired) electrons. The highest BCUT2D eigenvalue weighted by molar-refractivity contribution is 6.00. The van der Waals surface area contributed by atoms with Gasteiger partial charge in [0.15, 0.2) is 12.5 Å². The van der Waals surface area contributed by atoms with Gasteiger partial charge < -0.3 is 15.1 Å². The van der Waals surface area contributed by atoms with Gasteiger partial charge in [-0.3, -0.25) is 10.0 Å². The first-order chi connectivity index (χ1) is 15.2. The molecule has 2 aromatic rings. The van der Waals surface area contributed by atoms with Gasteiger partial charge in [0, 0.05) is 36.5 Å². The summed E-state index contributed by atoms with van der Waals surface area (Å²) in [4.78, 5) is 26.6. The Hall–Kier alpha value is -3.16. The summed E-state index contributed by atoms with van der Waals surface area (Å²) in [6.07, 6.45) is 6.42. The van der Waals surface area contributed by atoms with E-state index < -0.39 is 5.41 Å². The zero-order chi connectivity index (χ0) is 23.0. The van der Waals surface area contributed by atoms with Crippen molar-refractivity contribution in [1.82, 2.24) is 9.97 Å². The van der Waals surface area contributed by atoms with Crippen molar-refractivity contribution in [3.05, 3.63) is 36.0 Å². The van der Waals surface area contributed by atoms with Crippen LogP contribution in [0, 0.1) is 5.41 Å². The van der Waals surface area contributed by atoms with Crippen molar-refractivity contribution in [2.24, 2.45) is 5.41 Å². The number of benzene rings is 1. The number of hydrogen-bond donors (Lipinski definition) is 2. The van der Waals surface area contributed by atoms with E-state index in [1.54, 1.807) is 11.1 Å². The summed E-state index contributed by atoms with van der Waals surface area (Å²) >= 11 is 0. The van der Waals surface area contributed by atoms with Crippen LogP contribution in [0.4, 0.5) is 23.1 Å². The Kier molecular flexibility index (Phi) is 5.79. The van der Waals surface area contributed by atoms with Crippen molar-refractivity contribution in [2.45, 2.75) is 58.5 Å². The van der Waals surface area contributed by atoms with Gasteiger partial charge in [-0.15, -0.1) is 0 Å². The molecule has 1 aliphatic heterocycles. The van der Waals surface area contributed by atoms with Crippen LogP contribution in [0.2, 0.25) is 0 Å². The Morgan fingerprint density at radius 3 is 2.53 bits per heavy atom. The molecule has 0 bridgehead atoms. The Morgan fingerprint density at radius 2 is 1.91 bits per heavy atom. The van der Waals surface area contributed by atoms with Crippen LogP contribution in [0.15, 0.2) is 30.5 Å². The Bertz CT molecular complexity index is 1010. The van der Waals surface area contributed by atoms with Gasteiger partial charge in [-0.25, -0.2) is 4.98 Å². The minimum absolute atomic E-state index is 0.0411. The third-order valence-corrected chi connectivity index (χ3v) is 6.63. The van der Waals surface area contributed by atoms with Crippen molar-refractivity contribution >= 4 is 35.8 Å². The van der Waals surface area contributed by atoms with E-state index in [1.165, 1.54) is 12.8 Å². The smallest absolute Gasteiger partial charge is 0.256 e. The summed E-state index contributed by atoms with van der Waals surface area (Å²) < 4.78 is 0.842. The first-order valence-electron chi connectivity index (χ1n) is 11.3. The van der Waals surface area contributed by atoms with Crippen LogP contribution in [0.1, 0.15) is 58.1 Å². The minimum atomic E-state index is -0.505. The van der Waals surface area contributed by atoms with E-state index in [1.807, 2.05) is 52.1 Å². The molecule has 1 amide bonds. The molecule has 1 aromatic carbocycles. The number of nitrogens with one attached hydrogen (secondary N) is 1. The second-order valence-corrected chi connectivity index (χ2v) is 9.57. The number of nitrogens with zero attached hydrogens (tertiary/aromatic N) is 5. The maximum absolute atomic E-state index is 13.1. The van der Waals surface area contributed by atoms with Crippen molar-refractivity contribution < 1.29 is 14.7 Å². The van der Waals surface area contributed by atoms with Crippen LogP contribution in [0.3, 0.4) is 0 Å². The highest BCUT2D eigenvalue weighted by Gasteiger charge is 2.41. The predicted molar refractivity (Wildman–Crippen MR) is 126 cm³/mol. The quantitative estimate of drug-likeness (QED) is 0.317. The van der Waals surface area contributed by atoms with Crippen molar-refractivity contribution in [2.75, 3.05) is 28.7 Å². The number of anilines is 3. The molecule has 0 saturated heterocycles. The molecule has 0 spiro atoms. The van der Waals surface area contributed by atoms with E-state index in [-0.39, 0.29) is 11.9 Å². The first-order valence-corrected chi connectivity index (χ1v) is 11.3. The van der Waals surface area contributed by atoms with Gasteiger partial charge in [0.05, 0.1) is 17.7 Å². The molecule has 2 N–H and O–H groups in total. The van der Waals surface area contributed by atoms with Gasteiger partial charge in [-0.05, 0) is 39.2 Å². The van der Waals surface area contributed by atoms with E-state index in [4.69, 9.17) is 4.98 Å². The van der Waals surface area contributed by atoms with E-state index in [0.29, 0.717) is 24.2 Å². The van der Waals surface area contributed by atoms with E-state index in [2.05, 4.69) is 21.9 Å².